The van der Waals surface area contributed by atoms with Gasteiger partial charge in [0.1, 0.15) is 5.75 Å². The molecule has 0 bridgehead atoms. The van der Waals surface area contributed by atoms with Crippen molar-refractivity contribution in [2.24, 2.45) is 0 Å². The van der Waals surface area contributed by atoms with Crippen LogP contribution in [-0.4, -0.2) is 41.6 Å². The molecular formula is C25H26N2O6S2. The van der Waals surface area contributed by atoms with Gasteiger partial charge in [-0.1, -0.05) is 36.4 Å². The van der Waals surface area contributed by atoms with E-state index in [-0.39, 0.29) is 16.3 Å². The highest BCUT2D eigenvalue weighted by atomic mass is 32.2. The number of hydrogen-bond acceptors (Lipinski definition) is 6. The number of hydrogen-bond donors (Lipinski definition) is 1. The molecule has 184 valence electrons. The topological polar surface area (TPSA) is 110 Å². The summed E-state index contributed by atoms with van der Waals surface area (Å²) in [4.78, 5) is 13.4. The molecule has 8 nitrogen and oxygen atoms in total. The van der Waals surface area contributed by atoms with Crippen molar-refractivity contribution in [3.05, 3.63) is 83.9 Å². The Morgan fingerprint density at radius 3 is 2.26 bits per heavy atom. The number of rotatable bonds is 6. The summed E-state index contributed by atoms with van der Waals surface area (Å²) in [5.41, 5.74) is 1.93. The van der Waals surface area contributed by atoms with Gasteiger partial charge in [0.05, 0.1) is 28.1 Å². The third-order valence-corrected chi connectivity index (χ3v) is 8.70. The van der Waals surface area contributed by atoms with Gasteiger partial charge in [-0.3, -0.25) is 9.10 Å². The largest absolute Gasteiger partial charge is 0.476 e. The number of carbonyl (C=O) groups is 1. The SMILES string of the molecule is Cc1ccc2c(c1)N(S(=O)(=O)c1ccccc1)C[C@@H](C(=O)N[C@@H](C)c1ccc(S(C)(=O)=O)cc1)O2. The average molecular weight is 515 g/mol. The zero-order chi connectivity index (χ0) is 25.4. The van der Waals surface area contributed by atoms with Crippen LogP contribution >= 0.6 is 0 Å². The van der Waals surface area contributed by atoms with Crippen molar-refractivity contribution in [2.75, 3.05) is 17.1 Å². The second kappa shape index (κ2) is 9.35. The first-order valence-corrected chi connectivity index (χ1v) is 14.3. The Bertz CT molecular complexity index is 1450. The van der Waals surface area contributed by atoms with Crippen molar-refractivity contribution in [1.29, 1.82) is 0 Å². The van der Waals surface area contributed by atoms with Gasteiger partial charge in [0.2, 0.25) is 0 Å². The van der Waals surface area contributed by atoms with Gasteiger partial charge in [0.15, 0.2) is 15.9 Å². The van der Waals surface area contributed by atoms with Crippen LogP contribution in [0.4, 0.5) is 5.69 Å². The minimum absolute atomic E-state index is 0.118. The lowest BCUT2D eigenvalue weighted by Gasteiger charge is -2.35. The number of fused-ring (bicyclic) bond motifs is 1. The maximum Gasteiger partial charge on any atom is 0.264 e. The van der Waals surface area contributed by atoms with Crippen LogP contribution in [0.15, 0.2) is 82.6 Å². The summed E-state index contributed by atoms with van der Waals surface area (Å²) in [7, 11) is -7.27. The summed E-state index contributed by atoms with van der Waals surface area (Å²) < 4.78 is 57.5. The first kappa shape index (κ1) is 24.7. The molecule has 1 heterocycles. The van der Waals surface area contributed by atoms with Crippen molar-refractivity contribution in [3.63, 3.8) is 0 Å². The van der Waals surface area contributed by atoms with Crippen LogP contribution in [-0.2, 0) is 24.7 Å². The fraction of sp³-hybridized carbons (Fsp3) is 0.240. The van der Waals surface area contributed by atoms with Gasteiger partial charge in [-0.15, -0.1) is 0 Å². The van der Waals surface area contributed by atoms with Crippen LogP contribution in [0.1, 0.15) is 24.1 Å². The van der Waals surface area contributed by atoms with E-state index < -0.39 is 37.9 Å². The van der Waals surface area contributed by atoms with Crippen molar-refractivity contribution in [3.8, 4) is 5.75 Å². The molecule has 1 amide bonds. The van der Waals surface area contributed by atoms with Gasteiger partial charge in [0, 0.05) is 6.26 Å². The second-order valence-electron chi connectivity index (χ2n) is 8.50. The van der Waals surface area contributed by atoms with E-state index in [0.717, 1.165) is 11.8 Å². The Morgan fingerprint density at radius 1 is 0.971 bits per heavy atom. The highest BCUT2D eigenvalue weighted by Gasteiger charge is 2.38. The maximum atomic E-state index is 13.5. The van der Waals surface area contributed by atoms with E-state index in [2.05, 4.69) is 5.32 Å². The minimum atomic E-state index is -3.94. The third kappa shape index (κ3) is 5.18. The summed E-state index contributed by atoms with van der Waals surface area (Å²) in [6.07, 6.45) is 0.0452. The minimum Gasteiger partial charge on any atom is -0.476 e. The molecule has 0 spiro atoms. The number of amides is 1. The zero-order valence-corrected chi connectivity index (χ0v) is 21.1. The van der Waals surface area contributed by atoms with Crippen molar-refractivity contribution in [2.45, 2.75) is 35.8 Å². The van der Waals surface area contributed by atoms with E-state index in [1.165, 1.54) is 28.6 Å². The molecule has 0 saturated carbocycles. The summed E-state index contributed by atoms with van der Waals surface area (Å²) >= 11 is 0. The number of nitrogens with one attached hydrogen (secondary N) is 1. The number of benzene rings is 3. The van der Waals surface area contributed by atoms with Gasteiger partial charge in [-0.05, 0) is 61.4 Å². The number of carbonyl (C=O) groups excluding carboxylic acids is 1. The normalized spacial score (nSPS) is 16.7. The zero-order valence-electron chi connectivity index (χ0n) is 19.5. The lowest BCUT2D eigenvalue weighted by molar-refractivity contribution is -0.128. The monoisotopic (exact) mass is 514 g/mol. The molecule has 0 unspecified atom stereocenters. The molecule has 1 aliphatic rings. The number of sulfone groups is 1. The fourth-order valence-electron chi connectivity index (χ4n) is 3.84. The quantitative estimate of drug-likeness (QED) is 0.541. The first-order valence-electron chi connectivity index (χ1n) is 10.9. The van der Waals surface area contributed by atoms with E-state index >= 15 is 0 Å². The van der Waals surface area contributed by atoms with Crippen LogP contribution < -0.4 is 14.4 Å². The Kier molecular flexibility index (Phi) is 6.61. The Morgan fingerprint density at radius 2 is 1.63 bits per heavy atom. The number of nitrogens with zero attached hydrogens (tertiary/aromatic N) is 1. The molecule has 0 aliphatic carbocycles. The van der Waals surface area contributed by atoms with Crippen LogP contribution in [0.2, 0.25) is 0 Å². The molecule has 1 aliphatic heterocycles. The summed E-state index contributed by atoms with van der Waals surface area (Å²) in [6, 6.07) is 19.0. The molecule has 0 fully saturated rings. The van der Waals surface area contributed by atoms with Crippen LogP contribution in [0, 0.1) is 6.92 Å². The molecule has 3 aromatic rings. The summed E-state index contributed by atoms with van der Waals surface area (Å²) in [5.74, 6) is -0.184. The Labute approximate surface area is 205 Å². The lowest BCUT2D eigenvalue weighted by atomic mass is 10.1. The molecular weight excluding hydrogens is 488 g/mol. The van der Waals surface area contributed by atoms with Gasteiger partial charge < -0.3 is 10.1 Å². The van der Waals surface area contributed by atoms with E-state index in [1.54, 1.807) is 55.5 Å². The van der Waals surface area contributed by atoms with Crippen LogP contribution in [0.25, 0.3) is 0 Å². The van der Waals surface area contributed by atoms with Crippen molar-refractivity contribution in [1.82, 2.24) is 5.32 Å². The van der Waals surface area contributed by atoms with Gasteiger partial charge in [0.25, 0.3) is 15.9 Å². The molecule has 35 heavy (non-hydrogen) atoms. The molecule has 1 N–H and O–H groups in total. The Hall–Kier alpha value is -3.37. The highest BCUT2D eigenvalue weighted by Crippen LogP contribution is 2.37. The Balaban J connectivity index is 1.60. The molecule has 0 saturated heterocycles. The summed E-state index contributed by atoms with van der Waals surface area (Å²) in [5, 5.41) is 2.84. The second-order valence-corrected chi connectivity index (χ2v) is 12.4. The lowest BCUT2D eigenvalue weighted by Crippen LogP contribution is -2.51. The average Bonchev–Trinajstić information content (AvgIpc) is 2.83. The van der Waals surface area contributed by atoms with Gasteiger partial charge in [-0.2, -0.15) is 0 Å². The van der Waals surface area contributed by atoms with Gasteiger partial charge in [-0.25, -0.2) is 16.8 Å². The first-order chi connectivity index (χ1) is 16.5. The van der Waals surface area contributed by atoms with E-state index in [9.17, 15) is 21.6 Å². The van der Waals surface area contributed by atoms with E-state index in [0.29, 0.717) is 17.0 Å². The highest BCUT2D eigenvalue weighted by molar-refractivity contribution is 7.92. The van der Waals surface area contributed by atoms with Crippen molar-refractivity contribution < 1.29 is 26.4 Å². The molecule has 4 rings (SSSR count). The molecule has 2 atom stereocenters. The number of sulfonamides is 1. The van der Waals surface area contributed by atoms with Crippen LogP contribution in [0.5, 0.6) is 5.75 Å². The molecule has 0 aromatic heterocycles. The summed E-state index contributed by atoms with van der Waals surface area (Å²) in [6.45, 7) is 3.41. The predicted molar refractivity (Wildman–Crippen MR) is 133 cm³/mol. The smallest absolute Gasteiger partial charge is 0.264 e. The number of anilines is 1. The standard InChI is InChI=1S/C25H26N2O6S2/c1-17-9-14-23-22(15-17)27(35(31,32)21-7-5-4-6-8-21)16-24(33-23)25(28)26-18(2)19-10-12-20(13-11-19)34(3,29)30/h4-15,18,24H,16H2,1-3H3,(H,26,28)/t18-,24-/m0/s1. The number of ether oxygens (including phenoxy) is 1. The molecule has 10 heteroatoms. The van der Waals surface area contributed by atoms with E-state index in [4.69, 9.17) is 4.74 Å². The predicted octanol–water partition coefficient (Wildman–Crippen LogP) is 3.23. The maximum absolute atomic E-state index is 13.5. The third-order valence-electron chi connectivity index (χ3n) is 5.77. The van der Waals surface area contributed by atoms with E-state index in [1.807, 2.05) is 6.92 Å². The number of aryl methyl sites for hydroxylation is 1. The molecule has 0 radical (unpaired) electrons. The fourth-order valence-corrected chi connectivity index (χ4v) is 5.96. The molecule has 3 aromatic carbocycles. The van der Waals surface area contributed by atoms with Crippen LogP contribution in [0.3, 0.4) is 0 Å². The van der Waals surface area contributed by atoms with Gasteiger partial charge >= 0.3 is 0 Å². The van der Waals surface area contributed by atoms with Crippen molar-refractivity contribution >= 4 is 31.5 Å².